The lowest BCUT2D eigenvalue weighted by molar-refractivity contribution is -0.119. The highest BCUT2D eigenvalue weighted by Gasteiger charge is 2.27. The number of carbonyl (C=O) groups is 2. The number of piperidine rings is 2. The number of aromatic nitrogens is 1. The summed E-state index contributed by atoms with van der Waals surface area (Å²) in [5.74, 6) is 0.585. The van der Waals surface area contributed by atoms with Crippen LogP contribution in [0.15, 0.2) is 42.6 Å². The SMILES string of the molecule is NC(=O)CN1CCC(CNC(=O)N2CCC(c3cn(-c4ccc(Cl)cc4)c4/c3=C\C=C/CC\C=4)CC2)CC1. The summed E-state index contributed by atoms with van der Waals surface area (Å²) in [6.45, 7) is 4.25. The average molecular weight is 536 g/mol. The van der Waals surface area contributed by atoms with Gasteiger partial charge in [0.2, 0.25) is 5.91 Å². The zero-order valence-corrected chi connectivity index (χ0v) is 22.7. The van der Waals surface area contributed by atoms with E-state index < -0.39 is 0 Å². The maximum Gasteiger partial charge on any atom is 0.317 e. The molecule has 5 rings (SSSR count). The molecular formula is C30H38ClN5O2. The van der Waals surface area contributed by atoms with Gasteiger partial charge in [-0.05, 0) is 93.3 Å². The largest absolute Gasteiger partial charge is 0.369 e. The predicted molar refractivity (Wildman–Crippen MR) is 153 cm³/mol. The minimum Gasteiger partial charge on any atom is -0.369 e. The zero-order valence-electron chi connectivity index (χ0n) is 21.9. The number of nitrogens with two attached hydrogens (primary N) is 1. The maximum absolute atomic E-state index is 12.9. The number of hydrogen-bond acceptors (Lipinski definition) is 3. The number of allylic oxidation sites excluding steroid dienone is 2. The van der Waals surface area contributed by atoms with Crippen LogP contribution in [0.3, 0.4) is 0 Å². The van der Waals surface area contributed by atoms with Crippen molar-refractivity contribution in [2.24, 2.45) is 11.7 Å². The number of halogens is 1. The van der Waals surface area contributed by atoms with Gasteiger partial charge in [-0.25, -0.2) is 4.79 Å². The third kappa shape index (κ3) is 6.33. The first kappa shape index (κ1) is 26.6. The number of urea groups is 1. The van der Waals surface area contributed by atoms with E-state index in [-0.39, 0.29) is 11.9 Å². The Labute approximate surface area is 229 Å². The fourth-order valence-corrected chi connectivity index (χ4v) is 6.10. The van der Waals surface area contributed by atoms with Crippen LogP contribution < -0.4 is 21.6 Å². The Morgan fingerprint density at radius 3 is 2.45 bits per heavy atom. The number of hydrogen-bond donors (Lipinski definition) is 2. The molecule has 2 aromatic rings. The van der Waals surface area contributed by atoms with E-state index in [9.17, 15) is 9.59 Å². The number of fused-ring (bicyclic) bond motifs is 1. The molecule has 0 unspecified atom stereocenters. The van der Waals surface area contributed by atoms with Crippen LogP contribution in [0.2, 0.25) is 5.02 Å². The van der Waals surface area contributed by atoms with E-state index >= 15 is 0 Å². The number of nitrogens with one attached hydrogen (secondary N) is 1. The van der Waals surface area contributed by atoms with Crippen molar-refractivity contribution in [1.29, 1.82) is 0 Å². The van der Waals surface area contributed by atoms with Gasteiger partial charge in [0.05, 0.1) is 6.54 Å². The lowest BCUT2D eigenvalue weighted by Gasteiger charge is -2.34. The first-order valence-corrected chi connectivity index (χ1v) is 14.2. The van der Waals surface area contributed by atoms with E-state index in [4.69, 9.17) is 17.3 Å². The topological polar surface area (TPSA) is 83.6 Å². The molecule has 3 aliphatic rings. The summed E-state index contributed by atoms with van der Waals surface area (Å²) in [6.07, 6.45) is 17.2. The zero-order chi connectivity index (χ0) is 26.5. The molecule has 3 heterocycles. The van der Waals surface area contributed by atoms with Gasteiger partial charge in [0.15, 0.2) is 0 Å². The fraction of sp³-hybridized carbons (Fsp3) is 0.467. The average Bonchev–Trinajstić information content (AvgIpc) is 3.25. The van der Waals surface area contributed by atoms with Crippen molar-refractivity contribution < 1.29 is 9.59 Å². The summed E-state index contributed by atoms with van der Waals surface area (Å²) < 4.78 is 2.30. The Hall–Kier alpha value is -3.03. The van der Waals surface area contributed by atoms with Crippen LogP contribution in [-0.2, 0) is 4.79 Å². The normalized spacial score (nSPS) is 21.8. The molecule has 38 heavy (non-hydrogen) atoms. The van der Waals surface area contributed by atoms with Crippen LogP contribution >= 0.6 is 11.6 Å². The highest BCUT2D eigenvalue weighted by atomic mass is 35.5. The quantitative estimate of drug-likeness (QED) is 0.596. The Bertz CT molecular complexity index is 1280. The highest BCUT2D eigenvalue weighted by molar-refractivity contribution is 6.30. The molecule has 2 saturated heterocycles. The standard InChI is InChI=1S/C30H38ClN5O2/c31-24-7-9-25(10-8-24)36-20-27(26-5-3-1-2-4-6-28(26)36)23-13-17-35(18-14-23)30(38)33-19-22-11-15-34(16-12-22)21-29(32)37/h1,3,5-10,20,22-23H,2,4,11-19,21H2,(H2,32,37)(H,33,38)/b3-1-,26-5-,28-6+. The minimum absolute atomic E-state index is 0.0416. The molecule has 0 spiro atoms. The Balaban J connectivity index is 1.21. The molecule has 1 aliphatic carbocycles. The number of primary amides is 1. The summed E-state index contributed by atoms with van der Waals surface area (Å²) in [4.78, 5) is 28.1. The molecule has 1 aromatic heterocycles. The van der Waals surface area contributed by atoms with E-state index in [1.807, 2.05) is 17.0 Å². The minimum atomic E-state index is -0.277. The smallest absolute Gasteiger partial charge is 0.317 e. The number of carbonyl (C=O) groups excluding carboxylic acids is 2. The molecule has 7 nitrogen and oxygen atoms in total. The Kier molecular flexibility index (Phi) is 8.55. The molecule has 1 aromatic carbocycles. The summed E-state index contributed by atoms with van der Waals surface area (Å²) in [5, 5.41) is 6.44. The van der Waals surface area contributed by atoms with E-state index in [1.165, 1.54) is 16.1 Å². The summed E-state index contributed by atoms with van der Waals surface area (Å²) in [6, 6.07) is 8.07. The maximum atomic E-state index is 12.9. The van der Waals surface area contributed by atoms with Crippen LogP contribution in [0.4, 0.5) is 4.79 Å². The van der Waals surface area contributed by atoms with Crippen LogP contribution in [0.5, 0.6) is 0 Å². The molecule has 202 valence electrons. The van der Waals surface area contributed by atoms with E-state index in [0.717, 1.165) is 75.4 Å². The number of nitrogens with zero attached hydrogens (tertiary/aromatic N) is 3. The van der Waals surface area contributed by atoms with Gasteiger partial charge in [0.1, 0.15) is 0 Å². The molecule has 8 heteroatoms. The number of amides is 3. The van der Waals surface area contributed by atoms with Gasteiger partial charge in [-0.2, -0.15) is 0 Å². The molecule has 0 atom stereocenters. The van der Waals surface area contributed by atoms with Gasteiger partial charge in [-0.1, -0.05) is 35.9 Å². The van der Waals surface area contributed by atoms with Crippen molar-refractivity contribution in [2.45, 2.75) is 44.4 Å². The van der Waals surface area contributed by atoms with E-state index in [0.29, 0.717) is 24.9 Å². The number of likely N-dealkylation sites (tertiary alicyclic amines) is 2. The van der Waals surface area contributed by atoms with Crippen LogP contribution in [0.25, 0.3) is 17.8 Å². The van der Waals surface area contributed by atoms with Crippen LogP contribution in [0, 0.1) is 5.92 Å². The van der Waals surface area contributed by atoms with Gasteiger partial charge in [0.25, 0.3) is 0 Å². The predicted octanol–water partition coefficient (Wildman–Crippen LogP) is 3.13. The summed E-state index contributed by atoms with van der Waals surface area (Å²) in [7, 11) is 0. The second-order valence-electron chi connectivity index (χ2n) is 10.7. The second-order valence-corrected chi connectivity index (χ2v) is 11.2. The van der Waals surface area contributed by atoms with Gasteiger partial charge in [-0.3, -0.25) is 9.69 Å². The van der Waals surface area contributed by atoms with E-state index in [2.05, 4.69) is 57.4 Å². The van der Waals surface area contributed by atoms with Crippen LogP contribution in [-0.4, -0.2) is 65.6 Å². The number of benzene rings is 1. The molecule has 2 fully saturated rings. The Morgan fingerprint density at radius 1 is 1.00 bits per heavy atom. The molecule has 3 amide bonds. The van der Waals surface area contributed by atoms with Crippen molar-refractivity contribution in [3.05, 3.63) is 63.8 Å². The third-order valence-corrected chi connectivity index (χ3v) is 8.39. The first-order chi connectivity index (χ1) is 18.5. The lowest BCUT2D eigenvalue weighted by atomic mass is 9.90. The molecule has 0 bridgehead atoms. The van der Waals surface area contributed by atoms with Crippen LogP contribution in [0.1, 0.15) is 50.0 Å². The summed E-state index contributed by atoms with van der Waals surface area (Å²) >= 11 is 6.16. The molecule has 0 radical (unpaired) electrons. The van der Waals surface area contributed by atoms with Gasteiger partial charge < -0.3 is 20.5 Å². The van der Waals surface area contributed by atoms with Gasteiger partial charge in [0, 0.05) is 47.1 Å². The van der Waals surface area contributed by atoms with Crippen molar-refractivity contribution >= 4 is 35.7 Å². The Morgan fingerprint density at radius 2 is 1.74 bits per heavy atom. The third-order valence-electron chi connectivity index (χ3n) is 8.14. The van der Waals surface area contributed by atoms with Crippen molar-refractivity contribution in [3.63, 3.8) is 0 Å². The second kappa shape index (κ2) is 12.2. The van der Waals surface area contributed by atoms with E-state index in [1.54, 1.807) is 0 Å². The van der Waals surface area contributed by atoms with Crippen molar-refractivity contribution in [3.8, 4) is 5.69 Å². The molecular weight excluding hydrogens is 498 g/mol. The first-order valence-electron chi connectivity index (χ1n) is 13.9. The van der Waals surface area contributed by atoms with Gasteiger partial charge in [-0.15, -0.1) is 0 Å². The fourth-order valence-electron chi connectivity index (χ4n) is 5.97. The monoisotopic (exact) mass is 535 g/mol. The molecule has 3 N–H and O–H groups in total. The number of rotatable bonds is 6. The molecule has 2 aliphatic heterocycles. The molecule has 0 saturated carbocycles. The van der Waals surface area contributed by atoms with Crippen molar-refractivity contribution in [2.75, 3.05) is 39.3 Å². The summed E-state index contributed by atoms with van der Waals surface area (Å²) in [5.41, 5.74) is 7.79. The lowest BCUT2D eigenvalue weighted by Crippen LogP contribution is -2.47. The van der Waals surface area contributed by atoms with Gasteiger partial charge >= 0.3 is 6.03 Å². The highest BCUT2D eigenvalue weighted by Crippen LogP contribution is 2.27. The van der Waals surface area contributed by atoms with Crippen molar-refractivity contribution in [1.82, 2.24) is 19.7 Å².